The molecule has 2 rings (SSSR count). The molecule has 0 spiro atoms. The number of nitrogens with zero attached hydrogens (tertiary/aromatic N) is 1. The van der Waals surface area contributed by atoms with E-state index in [2.05, 4.69) is 4.98 Å². The van der Waals surface area contributed by atoms with Crippen molar-refractivity contribution in [3.63, 3.8) is 0 Å². The van der Waals surface area contributed by atoms with E-state index >= 15 is 0 Å². The maximum atomic E-state index is 12.3. The number of halogens is 1. The van der Waals surface area contributed by atoms with E-state index < -0.39 is 0 Å². The van der Waals surface area contributed by atoms with Gasteiger partial charge >= 0.3 is 0 Å². The highest BCUT2D eigenvalue weighted by Crippen LogP contribution is 2.31. The second-order valence-electron chi connectivity index (χ2n) is 3.61. The van der Waals surface area contributed by atoms with Gasteiger partial charge in [-0.3, -0.25) is 9.78 Å². The zero-order chi connectivity index (χ0) is 13.0. The Morgan fingerprint density at radius 1 is 1.05 bits per heavy atom. The average Bonchev–Trinajstić information content (AvgIpc) is 2.46. The first kappa shape index (κ1) is 15.0. The van der Waals surface area contributed by atoms with Gasteiger partial charge in [0, 0.05) is 18.0 Å². The van der Waals surface area contributed by atoms with Gasteiger partial charge in [-0.25, -0.2) is 0 Å². The van der Waals surface area contributed by atoms with Crippen LogP contribution in [0.15, 0.2) is 42.7 Å². The summed E-state index contributed by atoms with van der Waals surface area (Å²) >= 11 is 0. The van der Waals surface area contributed by atoms with Crippen LogP contribution in [-0.4, -0.2) is 25.0 Å². The number of rotatable bonds is 4. The second kappa shape index (κ2) is 6.75. The molecule has 0 saturated heterocycles. The second-order valence-corrected chi connectivity index (χ2v) is 3.61. The Balaban J connectivity index is 0.00000180. The molecule has 19 heavy (non-hydrogen) atoms. The first-order chi connectivity index (χ1) is 8.77. The highest BCUT2D eigenvalue weighted by molar-refractivity contribution is 6.11. The Morgan fingerprint density at radius 3 is 2.32 bits per heavy atom. The first-order valence-electron chi connectivity index (χ1n) is 5.43. The number of aromatic nitrogens is 1. The molecular weight excluding hydrogens is 266 g/mol. The van der Waals surface area contributed by atoms with Crippen molar-refractivity contribution in [1.29, 1.82) is 0 Å². The molecular formula is C14H14ClNO3. The number of hydrogen-bond acceptors (Lipinski definition) is 4. The van der Waals surface area contributed by atoms with Gasteiger partial charge in [0.2, 0.25) is 0 Å². The van der Waals surface area contributed by atoms with E-state index in [1.54, 1.807) is 49.8 Å². The monoisotopic (exact) mass is 279 g/mol. The molecule has 0 aliphatic carbocycles. The van der Waals surface area contributed by atoms with Crippen molar-refractivity contribution < 1.29 is 14.3 Å². The Morgan fingerprint density at radius 2 is 1.74 bits per heavy atom. The smallest absolute Gasteiger partial charge is 0.197 e. The van der Waals surface area contributed by atoms with Crippen LogP contribution in [0.5, 0.6) is 11.5 Å². The standard InChI is InChI=1S/C14H13NO3.ClH/c1-17-12-5-3-4-11(14(12)18-2)13(16)10-6-8-15-9-7-10;/h3-9H,1-2H3;1H. The molecule has 1 heterocycles. The summed E-state index contributed by atoms with van der Waals surface area (Å²) in [5.74, 6) is 0.868. The predicted octanol–water partition coefficient (Wildman–Crippen LogP) is 2.75. The van der Waals surface area contributed by atoms with Crippen molar-refractivity contribution in [2.75, 3.05) is 14.2 Å². The number of pyridine rings is 1. The van der Waals surface area contributed by atoms with Gasteiger partial charge in [0.05, 0.1) is 19.8 Å². The molecule has 1 aromatic heterocycles. The van der Waals surface area contributed by atoms with Gasteiger partial charge < -0.3 is 9.47 Å². The first-order valence-corrected chi connectivity index (χ1v) is 5.43. The summed E-state index contributed by atoms with van der Waals surface area (Å²) in [6.07, 6.45) is 3.17. The largest absolute Gasteiger partial charge is 0.493 e. The topological polar surface area (TPSA) is 48.4 Å². The van der Waals surface area contributed by atoms with Crippen LogP contribution in [0.3, 0.4) is 0 Å². The fourth-order valence-corrected chi connectivity index (χ4v) is 1.72. The molecule has 5 heteroatoms. The third kappa shape index (κ3) is 3.03. The van der Waals surface area contributed by atoms with Crippen LogP contribution in [0.25, 0.3) is 0 Å². The van der Waals surface area contributed by atoms with E-state index in [0.29, 0.717) is 22.6 Å². The molecule has 0 amide bonds. The number of methoxy groups -OCH3 is 2. The highest BCUT2D eigenvalue weighted by Gasteiger charge is 2.17. The molecule has 4 nitrogen and oxygen atoms in total. The van der Waals surface area contributed by atoms with Crippen molar-refractivity contribution in [3.8, 4) is 11.5 Å². The van der Waals surface area contributed by atoms with E-state index in [1.165, 1.54) is 7.11 Å². The van der Waals surface area contributed by atoms with Gasteiger partial charge in [0.15, 0.2) is 17.3 Å². The normalized spacial score (nSPS) is 9.37. The van der Waals surface area contributed by atoms with Crippen LogP contribution < -0.4 is 9.47 Å². The lowest BCUT2D eigenvalue weighted by atomic mass is 10.0. The molecule has 2 aromatic rings. The minimum atomic E-state index is -0.117. The van der Waals surface area contributed by atoms with Crippen LogP contribution in [0.2, 0.25) is 0 Å². The fourth-order valence-electron chi connectivity index (χ4n) is 1.72. The number of carbonyl (C=O) groups excluding carboxylic acids is 1. The third-order valence-corrected chi connectivity index (χ3v) is 2.59. The van der Waals surface area contributed by atoms with Crippen molar-refractivity contribution >= 4 is 18.2 Å². The van der Waals surface area contributed by atoms with Gasteiger partial charge in [-0.15, -0.1) is 12.4 Å². The molecule has 100 valence electrons. The van der Waals surface area contributed by atoms with Gasteiger partial charge in [0.1, 0.15) is 0 Å². The number of benzene rings is 1. The minimum Gasteiger partial charge on any atom is -0.493 e. The van der Waals surface area contributed by atoms with Gasteiger partial charge in [0.25, 0.3) is 0 Å². The Labute approximate surface area is 117 Å². The number of carbonyl (C=O) groups is 1. The maximum Gasteiger partial charge on any atom is 0.197 e. The molecule has 1 aromatic carbocycles. The molecule has 0 saturated carbocycles. The summed E-state index contributed by atoms with van der Waals surface area (Å²) in [6.45, 7) is 0. The van der Waals surface area contributed by atoms with E-state index in [9.17, 15) is 4.79 Å². The maximum absolute atomic E-state index is 12.3. The number of ketones is 1. The predicted molar refractivity (Wildman–Crippen MR) is 74.5 cm³/mol. The van der Waals surface area contributed by atoms with E-state index in [4.69, 9.17) is 9.47 Å². The van der Waals surface area contributed by atoms with Crippen LogP contribution in [-0.2, 0) is 0 Å². The molecule has 0 atom stereocenters. The highest BCUT2D eigenvalue weighted by atomic mass is 35.5. The van der Waals surface area contributed by atoms with E-state index in [1.807, 2.05) is 0 Å². The summed E-state index contributed by atoms with van der Waals surface area (Å²) < 4.78 is 10.4. The fraction of sp³-hybridized carbons (Fsp3) is 0.143. The summed E-state index contributed by atoms with van der Waals surface area (Å²) in [5, 5.41) is 0. The van der Waals surface area contributed by atoms with Crippen LogP contribution in [0, 0.1) is 0 Å². The number of para-hydroxylation sites is 1. The summed E-state index contributed by atoms with van der Waals surface area (Å²) in [4.78, 5) is 16.2. The zero-order valence-electron chi connectivity index (χ0n) is 10.6. The average molecular weight is 280 g/mol. The summed E-state index contributed by atoms with van der Waals surface area (Å²) in [7, 11) is 3.06. The molecule has 0 N–H and O–H groups in total. The lowest BCUT2D eigenvalue weighted by Crippen LogP contribution is -2.05. The SMILES string of the molecule is COc1cccc(C(=O)c2ccncc2)c1OC.Cl. The molecule has 0 aliphatic heterocycles. The van der Waals surface area contributed by atoms with Crippen molar-refractivity contribution in [1.82, 2.24) is 4.98 Å². The quantitative estimate of drug-likeness (QED) is 0.808. The molecule has 0 unspecified atom stereocenters. The Kier molecular flexibility index (Phi) is 5.33. The van der Waals surface area contributed by atoms with Crippen LogP contribution >= 0.6 is 12.4 Å². The van der Waals surface area contributed by atoms with Gasteiger partial charge in [-0.2, -0.15) is 0 Å². The van der Waals surface area contributed by atoms with Crippen molar-refractivity contribution in [2.24, 2.45) is 0 Å². The van der Waals surface area contributed by atoms with Crippen molar-refractivity contribution in [3.05, 3.63) is 53.9 Å². The molecule has 0 fully saturated rings. The van der Waals surface area contributed by atoms with Crippen molar-refractivity contribution in [2.45, 2.75) is 0 Å². The Bertz CT molecular complexity index is 558. The van der Waals surface area contributed by atoms with E-state index in [-0.39, 0.29) is 18.2 Å². The molecule has 0 bridgehead atoms. The zero-order valence-corrected chi connectivity index (χ0v) is 11.4. The lowest BCUT2D eigenvalue weighted by molar-refractivity contribution is 0.103. The van der Waals surface area contributed by atoms with Gasteiger partial charge in [-0.05, 0) is 24.3 Å². The summed E-state index contributed by atoms with van der Waals surface area (Å²) in [6, 6.07) is 8.56. The minimum absolute atomic E-state index is 0. The molecule has 0 aliphatic rings. The van der Waals surface area contributed by atoms with E-state index in [0.717, 1.165) is 0 Å². The summed E-state index contributed by atoms with van der Waals surface area (Å²) in [5.41, 5.74) is 1.04. The van der Waals surface area contributed by atoms with Crippen LogP contribution in [0.1, 0.15) is 15.9 Å². The number of ether oxygens (including phenoxy) is 2. The van der Waals surface area contributed by atoms with Gasteiger partial charge in [-0.1, -0.05) is 6.07 Å². The number of hydrogen-bond donors (Lipinski definition) is 0. The Hall–Kier alpha value is -2.07. The lowest BCUT2D eigenvalue weighted by Gasteiger charge is -2.11. The molecule has 0 radical (unpaired) electrons. The van der Waals surface area contributed by atoms with Crippen LogP contribution in [0.4, 0.5) is 0 Å². The third-order valence-electron chi connectivity index (χ3n) is 2.59.